The number of esters is 1. The summed E-state index contributed by atoms with van der Waals surface area (Å²) in [7, 11) is 1.28. The highest BCUT2D eigenvalue weighted by atomic mass is 35.5. The van der Waals surface area contributed by atoms with Crippen molar-refractivity contribution in [3.05, 3.63) is 93.1 Å². The van der Waals surface area contributed by atoms with Crippen LogP contribution >= 0.6 is 23.2 Å². The summed E-state index contributed by atoms with van der Waals surface area (Å²) in [4.78, 5) is 48.3. The van der Waals surface area contributed by atoms with E-state index in [0.717, 1.165) is 0 Å². The van der Waals surface area contributed by atoms with Crippen LogP contribution in [0, 0.1) is 5.92 Å². The van der Waals surface area contributed by atoms with Gasteiger partial charge in [-0.2, -0.15) is 0 Å². The zero-order valence-corrected chi connectivity index (χ0v) is 25.1. The van der Waals surface area contributed by atoms with Crippen LogP contribution in [0.3, 0.4) is 0 Å². The fraction of sp³-hybridized carbons (Fsp3) is 0.241. The molecule has 44 heavy (non-hydrogen) atoms. The highest BCUT2D eigenvalue weighted by molar-refractivity contribution is 6.31. The lowest BCUT2D eigenvalue weighted by Crippen LogP contribution is -2.39. The second-order valence-corrected chi connectivity index (χ2v) is 11.1. The number of hydrogen-bond donors (Lipinski definition) is 2. The second-order valence-electron chi connectivity index (χ2n) is 10.3. The number of aromatic amines is 1. The summed E-state index contributed by atoms with van der Waals surface area (Å²) in [5.74, 6) is -0.758. The van der Waals surface area contributed by atoms with Crippen molar-refractivity contribution >= 4 is 40.9 Å². The molecule has 4 aromatic heterocycles. The van der Waals surface area contributed by atoms with Gasteiger partial charge >= 0.3 is 17.7 Å². The standard InChI is InChI=1S/C29H25Cl2N9O4/c1-16-4-3-5-24(21-11-18(8-9-32-21)40-26(34-28(16)42)12-22(36-40)29(43)44-2)38-15-33-20(13-27(38)41)19-10-17(30)6-7-23(19)39-14-25(31)35-37-39/h6-16,24H,3-5H2,1-2H3,(H,34,36,42)/p+1/t16-,24+/m1/s1. The number of carbonyl (C=O) groups excluding carboxylic acids is 2. The second kappa shape index (κ2) is 12.0. The minimum Gasteiger partial charge on any atom is -0.464 e. The van der Waals surface area contributed by atoms with Crippen LogP contribution < -0.4 is 15.6 Å². The van der Waals surface area contributed by atoms with Gasteiger partial charge in [-0.05, 0) is 31.0 Å². The van der Waals surface area contributed by atoms with E-state index in [1.54, 1.807) is 47.4 Å². The van der Waals surface area contributed by atoms with Gasteiger partial charge in [-0.25, -0.2) is 29.7 Å². The van der Waals surface area contributed by atoms with Crippen LogP contribution in [-0.2, 0) is 9.53 Å². The van der Waals surface area contributed by atoms with Crippen molar-refractivity contribution < 1.29 is 19.0 Å². The number of amides is 1. The number of anilines is 1. The van der Waals surface area contributed by atoms with Crippen molar-refractivity contribution in [3.63, 3.8) is 0 Å². The fourth-order valence-corrected chi connectivity index (χ4v) is 5.47. The average molecular weight is 635 g/mol. The monoisotopic (exact) mass is 634 g/mol. The maximum Gasteiger partial charge on any atom is 0.358 e. The first kappa shape index (κ1) is 29.2. The molecule has 0 unspecified atom stereocenters. The number of fused-ring (bicyclic) bond motifs is 4. The number of rotatable bonds is 4. The number of benzene rings is 1. The molecule has 6 rings (SSSR count). The molecule has 0 aliphatic carbocycles. The zero-order chi connectivity index (χ0) is 31.0. The molecule has 1 amide bonds. The van der Waals surface area contributed by atoms with Gasteiger partial charge in [0.15, 0.2) is 16.5 Å². The Kier molecular flexibility index (Phi) is 7.97. The van der Waals surface area contributed by atoms with E-state index in [9.17, 15) is 14.4 Å². The fourth-order valence-electron chi connectivity index (χ4n) is 5.18. The lowest BCUT2D eigenvalue weighted by molar-refractivity contribution is -0.641. The molecular weight excluding hydrogens is 609 g/mol. The van der Waals surface area contributed by atoms with E-state index in [4.69, 9.17) is 27.9 Å². The van der Waals surface area contributed by atoms with E-state index in [2.05, 4.69) is 30.7 Å². The van der Waals surface area contributed by atoms with E-state index in [1.165, 1.54) is 34.8 Å². The Balaban J connectivity index is 1.43. The number of nitrogens with zero attached hydrogens (tertiary/aromatic N) is 7. The molecule has 5 heterocycles. The molecule has 1 aliphatic rings. The third-order valence-corrected chi connectivity index (χ3v) is 7.86. The largest absolute Gasteiger partial charge is 0.464 e. The Bertz CT molecular complexity index is 1950. The number of aromatic nitrogens is 8. The molecular formula is C29H26Cl2N9O4+. The maximum atomic E-state index is 13.7. The highest BCUT2D eigenvalue weighted by Gasteiger charge is 2.28. The number of nitrogens with one attached hydrogen (secondary N) is 2. The number of pyridine rings is 1. The molecule has 0 fully saturated rings. The molecule has 5 aromatic rings. The van der Waals surface area contributed by atoms with E-state index in [1.807, 2.05) is 6.92 Å². The van der Waals surface area contributed by atoms with E-state index >= 15 is 0 Å². The molecule has 2 N–H and O–H groups in total. The van der Waals surface area contributed by atoms with Crippen molar-refractivity contribution in [2.45, 2.75) is 32.2 Å². The number of H-pyrrole nitrogens is 1. The van der Waals surface area contributed by atoms with E-state index in [-0.39, 0.29) is 28.2 Å². The van der Waals surface area contributed by atoms with Crippen LogP contribution in [0.15, 0.2) is 66.0 Å². The van der Waals surface area contributed by atoms with Gasteiger partial charge in [-0.15, -0.1) is 9.78 Å². The van der Waals surface area contributed by atoms with Crippen LogP contribution in [0.25, 0.3) is 22.6 Å². The van der Waals surface area contributed by atoms with Crippen molar-refractivity contribution in [3.8, 4) is 22.6 Å². The molecule has 2 bridgehead atoms. The van der Waals surface area contributed by atoms with Crippen molar-refractivity contribution in [2.75, 3.05) is 12.4 Å². The molecule has 0 saturated heterocycles. The molecule has 0 spiro atoms. The third kappa shape index (κ3) is 5.71. The number of carbonyl (C=O) groups is 2. The summed E-state index contributed by atoms with van der Waals surface area (Å²) in [5.41, 5.74) is 2.59. The molecule has 224 valence electrons. The van der Waals surface area contributed by atoms with Gasteiger partial charge in [0.2, 0.25) is 0 Å². The normalized spacial score (nSPS) is 16.8. The molecule has 1 aliphatic heterocycles. The van der Waals surface area contributed by atoms with Crippen LogP contribution in [0.2, 0.25) is 10.2 Å². The minimum absolute atomic E-state index is 0.157. The molecule has 0 saturated carbocycles. The van der Waals surface area contributed by atoms with Gasteiger partial charge in [0.25, 0.3) is 5.56 Å². The quantitative estimate of drug-likeness (QED) is 0.223. The molecule has 15 heteroatoms. The third-order valence-electron chi connectivity index (χ3n) is 7.46. The van der Waals surface area contributed by atoms with Crippen molar-refractivity contribution in [1.82, 2.24) is 34.6 Å². The predicted molar refractivity (Wildman–Crippen MR) is 160 cm³/mol. The maximum absolute atomic E-state index is 13.7. The van der Waals surface area contributed by atoms with E-state index < -0.39 is 12.0 Å². The smallest absolute Gasteiger partial charge is 0.358 e. The Labute approximate surface area is 260 Å². The number of halogens is 2. The first-order chi connectivity index (χ1) is 21.2. The minimum atomic E-state index is -0.587. The summed E-state index contributed by atoms with van der Waals surface area (Å²) in [6.07, 6.45) is 6.35. The summed E-state index contributed by atoms with van der Waals surface area (Å²) in [5, 5.41) is 14.4. The van der Waals surface area contributed by atoms with Crippen LogP contribution in [0.1, 0.15) is 48.4 Å². The topological polar surface area (TPSA) is 154 Å². The molecule has 0 radical (unpaired) electrons. The Morgan fingerprint density at radius 1 is 1.09 bits per heavy atom. The molecule has 1 aromatic carbocycles. The van der Waals surface area contributed by atoms with Gasteiger partial charge in [-0.1, -0.05) is 41.8 Å². The summed E-state index contributed by atoms with van der Waals surface area (Å²) in [6, 6.07) is 11.1. The van der Waals surface area contributed by atoms with E-state index in [0.29, 0.717) is 58.4 Å². The van der Waals surface area contributed by atoms with Crippen LogP contribution in [0.4, 0.5) is 5.82 Å². The SMILES string of the molecule is COC(=O)c1cc2[n+]([nH]1)-c1ccnc(c1)[C@@H](n1cnc(-c3cc(Cl)ccc3-n3cc(Cl)nn3)cc1=O)CCC[C@@H](C)C(=O)N2. The van der Waals surface area contributed by atoms with Gasteiger partial charge < -0.3 is 4.74 Å². The van der Waals surface area contributed by atoms with Crippen LogP contribution in [0.5, 0.6) is 0 Å². The molecule has 13 nitrogen and oxygen atoms in total. The van der Waals surface area contributed by atoms with Crippen molar-refractivity contribution in [2.24, 2.45) is 5.92 Å². The zero-order valence-electron chi connectivity index (χ0n) is 23.6. The highest BCUT2D eigenvalue weighted by Crippen LogP contribution is 2.29. The Morgan fingerprint density at radius 2 is 1.93 bits per heavy atom. The lowest BCUT2D eigenvalue weighted by atomic mass is 9.98. The number of methoxy groups -OCH3 is 1. The first-order valence-corrected chi connectivity index (χ1v) is 14.4. The van der Waals surface area contributed by atoms with Gasteiger partial charge in [0.05, 0.1) is 54.7 Å². The lowest BCUT2D eigenvalue weighted by Gasteiger charge is -2.21. The average Bonchev–Trinajstić information content (AvgIpc) is 3.65. The molecule has 2 atom stereocenters. The Hall–Kier alpha value is -4.88. The predicted octanol–water partition coefficient (Wildman–Crippen LogP) is 3.93. The number of hydrogen-bond acceptors (Lipinski definition) is 8. The first-order valence-electron chi connectivity index (χ1n) is 13.7. The van der Waals surface area contributed by atoms with Gasteiger partial charge in [0.1, 0.15) is 0 Å². The Morgan fingerprint density at radius 3 is 2.68 bits per heavy atom. The van der Waals surface area contributed by atoms with Gasteiger partial charge in [-0.3, -0.25) is 14.3 Å². The summed E-state index contributed by atoms with van der Waals surface area (Å²) < 4.78 is 9.45. The summed E-state index contributed by atoms with van der Waals surface area (Å²) in [6.45, 7) is 1.83. The van der Waals surface area contributed by atoms with Gasteiger partial charge in [0, 0.05) is 35.0 Å². The van der Waals surface area contributed by atoms with Crippen LogP contribution in [-0.4, -0.2) is 53.6 Å². The van der Waals surface area contributed by atoms with Crippen molar-refractivity contribution in [1.29, 1.82) is 0 Å². The number of ether oxygens (including phenoxy) is 1. The summed E-state index contributed by atoms with van der Waals surface area (Å²) >= 11 is 12.3.